The minimum atomic E-state index is -0.970. The highest BCUT2D eigenvalue weighted by atomic mass is 16.5. The Morgan fingerprint density at radius 1 is 1.29 bits per heavy atom. The molecule has 4 heteroatoms. The lowest BCUT2D eigenvalue weighted by molar-refractivity contribution is -0.145. The Labute approximate surface area is 100 Å². The van der Waals surface area contributed by atoms with Gasteiger partial charge in [0, 0.05) is 5.56 Å². The third-order valence-electron chi connectivity index (χ3n) is 2.37. The van der Waals surface area contributed by atoms with Gasteiger partial charge in [-0.3, -0.25) is 4.79 Å². The van der Waals surface area contributed by atoms with Gasteiger partial charge in [-0.05, 0) is 37.6 Å². The molecule has 0 spiro atoms. The van der Waals surface area contributed by atoms with Crippen molar-refractivity contribution in [1.29, 1.82) is 0 Å². The molecule has 1 unspecified atom stereocenters. The maximum absolute atomic E-state index is 11.1. The Balaban J connectivity index is 2.73. The molecule has 0 fully saturated rings. The Bertz CT molecular complexity index is 394. The molecule has 1 atom stereocenters. The van der Waals surface area contributed by atoms with Crippen LogP contribution in [0.25, 0.3) is 0 Å². The molecule has 1 aromatic rings. The molecule has 0 amide bonds. The van der Waals surface area contributed by atoms with Crippen molar-refractivity contribution in [2.24, 2.45) is 0 Å². The number of ether oxygens (including phenoxy) is 1. The molecule has 0 saturated carbocycles. The van der Waals surface area contributed by atoms with E-state index in [0.717, 1.165) is 6.42 Å². The van der Waals surface area contributed by atoms with Crippen molar-refractivity contribution in [2.75, 3.05) is 0 Å². The van der Waals surface area contributed by atoms with Gasteiger partial charge in [-0.1, -0.05) is 13.3 Å². The van der Waals surface area contributed by atoms with E-state index in [-0.39, 0.29) is 5.78 Å². The summed E-state index contributed by atoms with van der Waals surface area (Å²) in [5.41, 5.74) is 0.583. The van der Waals surface area contributed by atoms with E-state index in [9.17, 15) is 9.59 Å². The molecule has 0 heterocycles. The zero-order valence-electron chi connectivity index (χ0n) is 9.97. The Morgan fingerprint density at radius 2 is 1.88 bits per heavy atom. The number of hydrogen-bond donors (Lipinski definition) is 1. The third-order valence-corrected chi connectivity index (χ3v) is 2.37. The number of carbonyl (C=O) groups is 2. The number of rotatable bonds is 6. The lowest BCUT2D eigenvalue weighted by atomic mass is 10.1. The lowest BCUT2D eigenvalue weighted by Gasteiger charge is -2.14. The summed E-state index contributed by atoms with van der Waals surface area (Å²) in [6.07, 6.45) is 0.370. The Hall–Kier alpha value is -1.84. The van der Waals surface area contributed by atoms with Crippen molar-refractivity contribution in [2.45, 2.75) is 32.8 Å². The number of Topliss-reactive ketones (excluding diaryl/α,β-unsaturated/α-hetero) is 1. The fraction of sp³-hybridized carbons (Fsp3) is 0.385. The number of carboxylic acids is 1. The van der Waals surface area contributed by atoms with Crippen LogP contribution in [0, 0.1) is 0 Å². The van der Waals surface area contributed by atoms with Crippen LogP contribution in [0.3, 0.4) is 0 Å². The summed E-state index contributed by atoms with van der Waals surface area (Å²) in [6.45, 7) is 3.38. The molecule has 1 rings (SSSR count). The standard InChI is InChI=1S/C13H16O4/c1-3-4-12(13(15)16)17-11-7-5-10(6-8-11)9(2)14/h5-8,12H,3-4H2,1-2H3,(H,15,16). The highest BCUT2D eigenvalue weighted by molar-refractivity contribution is 5.94. The Morgan fingerprint density at radius 3 is 2.29 bits per heavy atom. The number of benzene rings is 1. The lowest BCUT2D eigenvalue weighted by Crippen LogP contribution is -2.26. The summed E-state index contributed by atoms with van der Waals surface area (Å²) >= 11 is 0. The van der Waals surface area contributed by atoms with Gasteiger partial charge in [0.05, 0.1) is 0 Å². The van der Waals surface area contributed by atoms with E-state index in [1.807, 2.05) is 6.92 Å². The Kier molecular flexibility index (Phi) is 4.69. The van der Waals surface area contributed by atoms with Gasteiger partial charge in [-0.25, -0.2) is 4.79 Å². The van der Waals surface area contributed by atoms with Crippen LogP contribution < -0.4 is 4.74 Å². The fourth-order valence-electron chi connectivity index (χ4n) is 1.43. The number of carbonyl (C=O) groups excluding carboxylic acids is 1. The first kappa shape index (κ1) is 13.2. The van der Waals surface area contributed by atoms with Crippen LogP contribution in [0.15, 0.2) is 24.3 Å². The average Bonchev–Trinajstić information content (AvgIpc) is 2.29. The summed E-state index contributed by atoms with van der Waals surface area (Å²) in [5, 5.41) is 8.93. The molecule has 0 radical (unpaired) electrons. The van der Waals surface area contributed by atoms with Gasteiger partial charge >= 0.3 is 5.97 Å². The van der Waals surface area contributed by atoms with Crippen molar-refractivity contribution in [3.05, 3.63) is 29.8 Å². The van der Waals surface area contributed by atoms with Crippen LogP contribution >= 0.6 is 0 Å². The summed E-state index contributed by atoms with van der Waals surface area (Å²) in [6, 6.07) is 6.48. The molecule has 0 aliphatic rings. The number of hydrogen-bond acceptors (Lipinski definition) is 3. The highest BCUT2D eigenvalue weighted by Crippen LogP contribution is 2.16. The zero-order chi connectivity index (χ0) is 12.8. The van der Waals surface area contributed by atoms with Crippen molar-refractivity contribution in [1.82, 2.24) is 0 Å². The smallest absolute Gasteiger partial charge is 0.344 e. The van der Waals surface area contributed by atoms with Gasteiger partial charge in [0.1, 0.15) is 5.75 Å². The van der Waals surface area contributed by atoms with E-state index in [0.29, 0.717) is 17.7 Å². The predicted octanol–water partition coefficient (Wildman–Crippen LogP) is 2.52. The van der Waals surface area contributed by atoms with Crippen molar-refractivity contribution >= 4 is 11.8 Å². The molecule has 17 heavy (non-hydrogen) atoms. The van der Waals surface area contributed by atoms with E-state index in [2.05, 4.69) is 0 Å². The minimum Gasteiger partial charge on any atom is -0.479 e. The second-order valence-corrected chi connectivity index (χ2v) is 3.81. The van der Waals surface area contributed by atoms with E-state index >= 15 is 0 Å². The minimum absolute atomic E-state index is 0.0279. The van der Waals surface area contributed by atoms with E-state index in [4.69, 9.17) is 9.84 Å². The second-order valence-electron chi connectivity index (χ2n) is 3.81. The van der Waals surface area contributed by atoms with E-state index < -0.39 is 12.1 Å². The van der Waals surface area contributed by atoms with Gasteiger partial charge in [-0.2, -0.15) is 0 Å². The summed E-state index contributed by atoms with van der Waals surface area (Å²) in [5.74, 6) is -0.529. The summed E-state index contributed by atoms with van der Waals surface area (Å²) in [4.78, 5) is 21.9. The molecule has 4 nitrogen and oxygen atoms in total. The fourth-order valence-corrected chi connectivity index (χ4v) is 1.43. The maximum atomic E-state index is 11.1. The van der Waals surface area contributed by atoms with Crippen LogP contribution in [0.5, 0.6) is 5.75 Å². The third kappa shape index (κ3) is 3.90. The molecule has 0 bridgehead atoms. The number of aliphatic carboxylic acids is 1. The van der Waals surface area contributed by atoms with Crippen LogP contribution in [0.4, 0.5) is 0 Å². The average molecular weight is 236 g/mol. The van der Waals surface area contributed by atoms with Crippen LogP contribution in [0.1, 0.15) is 37.0 Å². The van der Waals surface area contributed by atoms with Crippen LogP contribution in [-0.2, 0) is 4.79 Å². The number of carboxylic acid groups (broad SMARTS) is 1. The van der Waals surface area contributed by atoms with Gasteiger partial charge < -0.3 is 9.84 Å². The molecule has 1 N–H and O–H groups in total. The van der Waals surface area contributed by atoms with Crippen molar-refractivity contribution in [3.63, 3.8) is 0 Å². The summed E-state index contributed by atoms with van der Waals surface area (Å²) < 4.78 is 5.34. The SMILES string of the molecule is CCCC(Oc1ccc(C(C)=O)cc1)C(=O)O. The monoisotopic (exact) mass is 236 g/mol. The highest BCUT2D eigenvalue weighted by Gasteiger charge is 2.17. The molecule has 92 valence electrons. The van der Waals surface area contributed by atoms with E-state index in [1.54, 1.807) is 24.3 Å². The van der Waals surface area contributed by atoms with Gasteiger partial charge in [0.25, 0.3) is 0 Å². The van der Waals surface area contributed by atoms with Crippen molar-refractivity contribution in [3.8, 4) is 5.75 Å². The van der Waals surface area contributed by atoms with Crippen LogP contribution in [-0.4, -0.2) is 23.0 Å². The predicted molar refractivity (Wildman–Crippen MR) is 63.4 cm³/mol. The number of ketones is 1. The van der Waals surface area contributed by atoms with E-state index in [1.165, 1.54) is 6.92 Å². The molecule has 1 aromatic carbocycles. The van der Waals surface area contributed by atoms with Gasteiger partial charge in [-0.15, -0.1) is 0 Å². The first-order valence-electron chi connectivity index (χ1n) is 5.55. The van der Waals surface area contributed by atoms with Crippen molar-refractivity contribution < 1.29 is 19.4 Å². The molecule has 0 aliphatic carbocycles. The van der Waals surface area contributed by atoms with Gasteiger partial charge in [0.15, 0.2) is 11.9 Å². The topological polar surface area (TPSA) is 63.6 Å². The zero-order valence-corrected chi connectivity index (χ0v) is 9.97. The maximum Gasteiger partial charge on any atom is 0.344 e. The first-order chi connectivity index (χ1) is 8.04. The molecule has 0 saturated heterocycles. The van der Waals surface area contributed by atoms with Gasteiger partial charge in [0.2, 0.25) is 0 Å². The summed E-state index contributed by atoms with van der Waals surface area (Å²) in [7, 11) is 0. The van der Waals surface area contributed by atoms with Crippen LogP contribution in [0.2, 0.25) is 0 Å². The molecule has 0 aliphatic heterocycles. The largest absolute Gasteiger partial charge is 0.479 e. The molecular formula is C13H16O4. The molecule has 0 aromatic heterocycles. The second kappa shape index (κ2) is 6.03. The molecular weight excluding hydrogens is 220 g/mol. The quantitative estimate of drug-likeness (QED) is 0.771. The first-order valence-corrected chi connectivity index (χ1v) is 5.55. The normalized spacial score (nSPS) is 11.9.